The van der Waals surface area contributed by atoms with Crippen molar-refractivity contribution in [3.05, 3.63) is 17.0 Å². The van der Waals surface area contributed by atoms with Gasteiger partial charge >= 0.3 is 5.97 Å². The maximum Gasteiger partial charge on any atom is 0.375 e. The average molecular weight is 181 g/mol. The normalized spacial score (nSPS) is 15.5. The van der Waals surface area contributed by atoms with Crippen LogP contribution in [0.5, 0.6) is 0 Å². The van der Waals surface area contributed by atoms with E-state index >= 15 is 0 Å². The minimum atomic E-state index is -1.16. The minimum Gasteiger partial charge on any atom is -0.475 e. The van der Waals surface area contributed by atoms with Gasteiger partial charge in [-0.25, -0.2) is 4.79 Å². The summed E-state index contributed by atoms with van der Waals surface area (Å²) in [5.41, 5.74) is 0.646. The highest BCUT2D eigenvalue weighted by molar-refractivity contribution is 5.99. The Bertz CT molecular complexity index is 366. The summed E-state index contributed by atoms with van der Waals surface area (Å²) < 4.78 is 4.58. The Balaban J connectivity index is 2.53. The molecule has 1 aliphatic rings. The molecule has 2 rings (SSSR count). The van der Waals surface area contributed by atoms with E-state index in [-0.39, 0.29) is 17.2 Å². The number of fused-ring (bicyclic) bond motifs is 1. The highest BCUT2D eigenvalue weighted by atomic mass is 16.5. The van der Waals surface area contributed by atoms with E-state index < -0.39 is 5.97 Å². The summed E-state index contributed by atoms with van der Waals surface area (Å²) in [5, 5.41) is 12.1. The maximum absolute atomic E-state index is 11.2. The quantitative estimate of drug-likeness (QED) is 0.695. The van der Waals surface area contributed by atoms with Gasteiger partial charge in [-0.2, -0.15) is 0 Å². The molecule has 0 atom stereocenters. The molecule has 0 spiro atoms. The van der Waals surface area contributed by atoms with E-state index in [0.717, 1.165) is 0 Å². The molecule has 1 N–H and O–H groups in total. The molecule has 5 nitrogen and oxygen atoms in total. The van der Waals surface area contributed by atoms with Crippen molar-refractivity contribution in [2.45, 2.75) is 19.3 Å². The number of nitrogens with zero attached hydrogens (tertiary/aromatic N) is 1. The first kappa shape index (κ1) is 7.97. The Labute approximate surface area is 73.3 Å². The number of Topliss-reactive ketones (excluding diaryl/α,β-unsaturated/α-hetero) is 1. The molecular weight excluding hydrogens is 174 g/mol. The van der Waals surface area contributed by atoms with Gasteiger partial charge in [0.05, 0.1) is 0 Å². The summed E-state index contributed by atoms with van der Waals surface area (Å²) >= 11 is 0. The minimum absolute atomic E-state index is 0.127. The number of hydrogen-bond acceptors (Lipinski definition) is 4. The molecule has 13 heavy (non-hydrogen) atoms. The van der Waals surface area contributed by atoms with Crippen LogP contribution >= 0.6 is 0 Å². The monoisotopic (exact) mass is 181 g/mol. The van der Waals surface area contributed by atoms with E-state index in [1.165, 1.54) is 0 Å². The summed E-state index contributed by atoms with van der Waals surface area (Å²) in [5.74, 6) is -1.48. The maximum atomic E-state index is 11.2. The van der Waals surface area contributed by atoms with Crippen molar-refractivity contribution in [2.24, 2.45) is 0 Å². The smallest absolute Gasteiger partial charge is 0.375 e. The zero-order valence-electron chi connectivity index (χ0n) is 6.74. The zero-order valence-corrected chi connectivity index (χ0v) is 6.74. The number of carboxylic acid groups (broad SMARTS) is 1. The standard InChI is InChI=1S/C8H7NO4/c10-5-3-1-2-4-6(5)9-13-7(4)8(11)12/h1-3H2,(H,11,12). The highest BCUT2D eigenvalue weighted by Gasteiger charge is 2.28. The molecule has 0 aromatic carbocycles. The molecule has 0 amide bonds. The molecule has 0 bridgehead atoms. The number of rotatable bonds is 1. The number of aromatic carboxylic acids is 1. The fraction of sp³-hybridized carbons (Fsp3) is 0.375. The summed E-state index contributed by atoms with van der Waals surface area (Å²) in [6.07, 6.45) is 1.66. The molecule has 1 aliphatic carbocycles. The molecule has 0 aliphatic heterocycles. The third kappa shape index (κ3) is 1.12. The summed E-state index contributed by atoms with van der Waals surface area (Å²) in [6.45, 7) is 0. The molecule has 0 fully saturated rings. The Hall–Kier alpha value is -1.65. The van der Waals surface area contributed by atoms with Crippen molar-refractivity contribution < 1.29 is 19.2 Å². The second kappa shape index (κ2) is 2.69. The lowest BCUT2D eigenvalue weighted by Gasteiger charge is -2.06. The summed E-state index contributed by atoms with van der Waals surface area (Å²) in [4.78, 5) is 21.8. The van der Waals surface area contributed by atoms with Gasteiger partial charge in [0.2, 0.25) is 5.76 Å². The molecular formula is C8H7NO4. The highest BCUT2D eigenvalue weighted by Crippen LogP contribution is 2.23. The third-order valence-corrected chi connectivity index (χ3v) is 2.08. The van der Waals surface area contributed by atoms with Crippen LogP contribution in [0.1, 0.15) is 39.4 Å². The molecule has 68 valence electrons. The van der Waals surface area contributed by atoms with Crippen molar-refractivity contribution in [1.29, 1.82) is 0 Å². The van der Waals surface area contributed by atoms with Crippen LogP contribution in [-0.2, 0) is 6.42 Å². The van der Waals surface area contributed by atoms with Crippen LogP contribution in [0.15, 0.2) is 4.52 Å². The number of ketones is 1. The van der Waals surface area contributed by atoms with Crippen molar-refractivity contribution in [2.75, 3.05) is 0 Å². The van der Waals surface area contributed by atoms with Gasteiger partial charge in [0.25, 0.3) is 0 Å². The van der Waals surface area contributed by atoms with Crippen molar-refractivity contribution in [3.8, 4) is 0 Å². The summed E-state index contributed by atoms with van der Waals surface area (Å²) in [6, 6.07) is 0. The van der Waals surface area contributed by atoms with E-state index in [0.29, 0.717) is 24.8 Å². The lowest BCUT2D eigenvalue weighted by Crippen LogP contribution is -2.11. The van der Waals surface area contributed by atoms with Crippen LogP contribution in [0, 0.1) is 0 Å². The zero-order chi connectivity index (χ0) is 9.42. The van der Waals surface area contributed by atoms with Crippen LogP contribution in [-0.4, -0.2) is 22.0 Å². The van der Waals surface area contributed by atoms with Gasteiger partial charge < -0.3 is 9.63 Å². The Morgan fingerprint density at radius 1 is 1.46 bits per heavy atom. The van der Waals surface area contributed by atoms with Gasteiger partial charge in [-0.1, -0.05) is 5.16 Å². The Morgan fingerprint density at radius 3 is 2.92 bits per heavy atom. The fourth-order valence-corrected chi connectivity index (χ4v) is 1.47. The first-order valence-corrected chi connectivity index (χ1v) is 3.95. The van der Waals surface area contributed by atoms with Gasteiger partial charge in [0.15, 0.2) is 11.5 Å². The predicted molar refractivity (Wildman–Crippen MR) is 40.7 cm³/mol. The van der Waals surface area contributed by atoms with Crippen molar-refractivity contribution >= 4 is 11.8 Å². The van der Waals surface area contributed by atoms with Gasteiger partial charge in [-0.15, -0.1) is 0 Å². The lowest BCUT2D eigenvalue weighted by molar-refractivity contribution is 0.0650. The number of carboxylic acids is 1. The second-order valence-electron chi connectivity index (χ2n) is 2.92. The molecule has 1 aromatic heterocycles. The van der Waals surface area contributed by atoms with E-state index in [9.17, 15) is 9.59 Å². The van der Waals surface area contributed by atoms with Gasteiger partial charge in [0.1, 0.15) is 0 Å². The lowest BCUT2D eigenvalue weighted by atomic mass is 9.95. The summed E-state index contributed by atoms with van der Waals surface area (Å²) in [7, 11) is 0. The SMILES string of the molecule is O=C1CCCc2c1noc2C(=O)O. The first-order valence-electron chi connectivity index (χ1n) is 3.95. The second-order valence-corrected chi connectivity index (χ2v) is 2.92. The van der Waals surface area contributed by atoms with E-state index in [1.807, 2.05) is 0 Å². The van der Waals surface area contributed by atoms with E-state index in [4.69, 9.17) is 5.11 Å². The van der Waals surface area contributed by atoms with Crippen LogP contribution < -0.4 is 0 Å². The molecule has 1 aromatic rings. The topological polar surface area (TPSA) is 80.4 Å². The van der Waals surface area contributed by atoms with Gasteiger partial charge in [-0.3, -0.25) is 4.79 Å². The molecule has 0 saturated carbocycles. The molecule has 1 heterocycles. The van der Waals surface area contributed by atoms with Crippen LogP contribution in [0.2, 0.25) is 0 Å². The average Bonchev–Trinajstić information content (AvgIpc) is 2.48. The fourth-order valence-electron chi connectivity index (χ4n) is 1.47. The van der Waals surface area contributed by atoms with Crippen LogP contribution in [0.4, 0.5) is 0 Å². The largest absolute Gasteiger partial charge is 0.475 e. The Morgan fingerprint density at radius 2 is 2.23 bits per heavy atom. The molecule has 0 unspecified atom stereocenters. The molecule has 5 heteroatoms. The van der Waals surface area contributed by atoms with Gasteiger partial charge in [0, 0.05) is 12.0 Å². The number of aromatic nitrogens is 1. The predicted octanol–water partition coefficient (Wildman–Crippen LogP) is 0.892. The van der Waals surface area contributed by atoms with E-state index in [1.54, 1.807) is 0 Å². The van der Waals surface area contributed by atoms with E-state index in [2.05, 4.69) is 9.68 Å². The van der Waals surface area contributed by atoms with Crippen molar-refractivity contribution in [3.63, 3.8) is 0 Å². The number of carbonyl (C=O) groups excluding carboxylic acids is 1. The Kier molecular flexibility index (Phi) is 1.65. The molecule has 0 radical (unpaired) electrons. The number of hydrogen-bond donors (Lipinski definition) is 1. The van der Waals surface area contributed by atoms with Crippen LogP contribution in [0.25, 0.3) is 0 Å². The van der Waals surface area contributed by atoms with Crippen molar-refractivity contribution in [1.82, 2.24) is 5.16 Å². The van der Waals surface area contributed by atoms with Gasteiger partial charge in [-0.05, 0) is 12.8 Å². The number of carbonyl (C=O) groups is 2. The molecule has 0 saturated heterocycles. The van der Waals surface area contributed by atoms with Crippen LogP contribution in [0.3, 0.4) is 0 Å². The third-order valence-electron chi connectivity index (χ3n) is 2.08. The first-order chi connectivity index (χ1) is 6.20.